The summed E-state index contributed by atoms with van der Waals surface area (Å²) in [5.41, 5.74) is 4.63. The summed E-state index contributed by atoms with van der Waals surface area (Å²) in [5, 5.41) is 3.61. The second-order valence-electron chi connectivity index (χ2n) is 6.19. The van der Waals surface area contributed by atoms with Gasteiger partial charge in [-0.25, -0.2) is 4.57 Å². The predicted octanol–water partition coefficient (Wildman–Crippen LogP) is 3.73. The van der Waals surface area contributed by atoms with E-state index in [1.165, 1.54) is 27.4 Å². The first-order valence-corrected chi connectivity index (χ1v) is 8.18. The van der Waals surface area contributed by atoms with Crippen LogP contribution in [0.3, 0.4) is 0 Å². The van der Waals surface area contributed by atoms with Crippen molar-refractivity contribution in [1.82, 2.24) is 15.0 Å². The van der Waals surface area contributed by atoms with Crippen LogP contribution in [-0.4, -0.2) is 15.0 Å². The highest BCUT2D eigenvalue weighted by Crippen LogP contribution is 2.21. The van der Waals surface area contributed by atoms with Gasteiger partial charge in [-0.05, 0) is 40.7 Å². The van der Waals surface area contributed by atoms with E-state index >= 15 is 0 Å². The standard InChI is InChI=1S/C20H16N4/c1-2-4-18-14(3-1)11-16(23-18)8-10-24-12-15-5-6-19-17(7-9-21-19)20(15)22-13-24/h1-7,9,11-13,23H,8,10H2/p+1. The van der Waals surface area contributed by atoms with Crippen molar-refractivity contribution >= 4 is 32.7 Å². The molecule has 5 rings (SSSR count). The minimum absolute atomic E-state index is 0.904. The third-order valence-corrected chi connectivity index (χ3v) is 4.60. The molecule has 4 nitrogen and oxygen atoms in total. The summed E-state index contributed by atoms with van der Waals surface area (Å²) < 4.78 is 2.16. The molecule has 0 aliphatic heterocycles. The molecule has 0 amide bonds. The van der Waals surface area contributed by atoms with Crippen molar-refractivity contribution in [3.8, 4) is 0 Å². The lowest BCUT2D eigenvalue weighted by Gasteiger charge is -2.00. The number of benzene rings is 2. The molecule has 0 saturated heterocycles. The largest absolute Gasteiger partial charge is 0.361 e. The molecule has 0 bridgehead atoms. The normalized spacial score (nSPS) is 11.7. The Morgan fingerprint density at radius 2 is 1.92 bits per heavy atom. The molecular formula is C20H17N4+. The summed E-state index contributed by atoms with van der Waals surface area (Å²) in [6, 6.07) is 16.9. The van der Waals surface area contributed by atoms with E-state index in [1.807, 2.05) is 12.5 Å². The zero-order valence-electron chi connectivity index (χ0n) is 13.2. The fourth-order valence-corrected chi connectivity index (χ4v) is 3.37. The smallest absolute Gasteiger partial charge is 0.286 e. The lowest BCUT2D eigenvalue weighted by Crippen LogP contribution is -2.34. The second kappa shape index (κ2) is 5.20. The molecule has 0 aliphatic carbocycles. The van der Waals surface area contributed by atoms with E-state index in [1.54, 1.807) is 0 Å². The van der Waals surface area contributed by atoms with Gasteiger partial charge in [0.25, 0.3) is 6.33 Å². The molecule has 5 aromatic rings. The van der Waals surface area contributed by atoms with Crippen LogP contribution in [0.4, 0.5) is 0 Å². The van der Waals surface area contributed by atoms with Gasteiger partial charge >= 0.3 is 0 Å². The number of hydrogen-bond donors (Lipinski definition) is 2. The van der Waals surface area contributed by atoms with Crippen LogP contribution in [-0.2, 0) is 13.0 Å². The number of para-hydroxylation sites is 1. The van der Waals surface area contributed by atoms with Crippen LogP contribution >= 0.6 is 0 Å². The van der Waals surface area contributed by atoms with Crippen LogP contribution in [0, 0.1) is 0 Å². The van der Waals surface area contributed by atoms with Gasteiger partial charge < -0.3 is 9.97 Å². The van der Waals surface area contributed by atoms with Crippen LogP contribution in [0.15, 0.2) is 67.3 Å². The Balaban J connectivity index is 1.44. The molecular weight excluding hydrogens is 296 g/mol. The Labute approximate surface area is 138 Å². The summed E-state index contributed by atoms with van der Waals surface area (Å²) in [4.78, 5) is 11.4. The SMILES string of the molecule is c1ccc2[nH]c(CC[n+]3cnc4c(ccc5[nH]ccc54)c3)cc2c1. The highest BCUT2D eigenvalue weighted by atomic mass is 15.0. The van der Waals surface area contributed by atoms with E-state index < -0.39 is 0 Å². The number of fused-ring (bicyclic) bond motifs is 4. The van der Waals surface area contributed by atoms with Gasteiger partial charge in [-0.2, -0.15) is 0 Å². The molecule has 3 heterocycles. The number of nitrogens with one attached hydrogen (secondary N) is 2. The van der Waals surface area contributed by atoms with Gasteiger partial charge in [-0.1, -0.05) is 18.2 Å². The molecule has 0 saturated carbocycles. The first kappa shape index (κ1) is 13.3. The highest BCUT2D eigenvalue weighted by molar-refractivity contribution is 6.03. The van der Waals surface area contributed by atoms with Crippen molar-refractivity contribution in [3.63, 3.8) is 0 Å². The van der Waals surface area contributed by atoms with Crippen LogP contribution in [0.2, 0.25) is 0 Å². The molecule has 116 valence electrons. The Morgan fingerprint density at radius 1 is 0.958 bits per heavy atom. The topological polar surface area (TPSA) is 48.4 Å². The Kier molecular flexibility index (Phi) is 2.88. The van der Waals surface area contributed by atoms with Crippen LogP contribution in [0.25, 0.3) is 32.7 Å². The molecule has 0 unspecified atom stereocenters. The van der Waals surface area contributed by atoms with Crippen molar-refractivity contribution in [2.75, 3.05) is 0 Å². The molecule has 0 spiro atoms. The summed E-state index contributed by atoms with van der Waals surface area (Å²) in [5.74, 6) is 0. The summed E-state index contributed by atoms with van der Waals surface area (Å²) in [6.45, 7) is 0.904. The van der Waals surface area contributed by atoms with Gasteiger partial charge in [0.05, 0.1) is 17.3 Å². The fourth-order valence-electron chi connectivity index (χ4n) is 3.37. The summed E-state index contributed by atoms with van der Waals surface area (Å²) in [7, 11) is 0. The van der Waals surface area contributed by atoms with Crippen LogP contribution in [0.5, 0.6) is 0 Å². The van der Waals surface area contributed by atoms with Gasteiger partial charge in [0.15, 0.2) is 5.52 Å². The number of rotatable bonds is 3. The maximum absolute atomic E-state index is 4.67. The minimum atomic E-state index is 0.904. The van der Waals surface area contributed by atoms with Crippen molar-refractivity contribution in [2.45, 2.75) is 13.0 Å². The second-order valence-corrected chi connectivity index (χ2v) is 6.19. The molecule has 3 aromatic heterocycles. The Hall–Kier alpha value is -3.14. The van der Waals surface area contributed by atoms with Gasteiger partial charge in [0, 0.05) is 29.3 Å². The van der Waals surface area contributed by atoms with E-state index in [2.05, 4.69) is 74.2 Å². The first-order valence-electron chi connectivity index (χ1n) is 8.18. The first-order chi connectivity index (χ1) is 11.9. The summed E-state index contributed by atoms with van der Waals surface area (Å²) in [6.07, 6.45) is 7.02. The number of nitrogens with zero attached hydrogens (tertiary/aromatic N) is 2. The van der Waals surface area contributed by atoms with Crippen LogP contribution in [0.1, 0.15) is 5.69 Å². The lowest BCUT2D eigenvalue weighted by molar-refractivity contribution is -0.698. The quantitative estimate of drug-likeness (QED) is 0.490. The number of H-pyrrole nitrogens is 2. The Bertz CT molecular complexity index is 1130. The van der Waals surface area contributed by atoms with Crippen molar-refractivity contribution < 1.29 is 4.57 Å². The van der Waals surface area contributed by atoms with Gasteiger partial charge in [-0.15, -0.1) is 0 Å². The van der Waals surface area contributed by atoms with E-state index in [0.29, 0.717) is 0 Å². The maximum Gasteiger partial charge on any atom is 0.286 e. The van der Waals surface area contributed by atoms with Crippen LogP contribution < -0.4 is 4.57 Å². The zero-order chi connectivity index (χ0) is 15.9. The number of hydrogen-bond acceptors (Lipinski definition) is 1. The molecule has 0 atom stereocenters. The number of aromatic nitrogens is 4. The van der Waals surface area contributed by atoms with E-state index in [4.69, 9.17) is 0 Å². The number of aromatic amines is 2. The predicted molar refractivity (Wildman–Crippen MR) is 95.8 cm³/mol. The van der Waals surface area contributed by atoms with Crippen molar-refractivity contribution in [2.24, 2.45) is 0 Å². The molecule has 0 fully saturated rings. The van der Waals surface area contributed by atoms with E-state index in [-0.39, 0.29) is 0 Å². The van der Waals surface area contributed by atoms with E-state index in [0.717, 1.165) is 24.0 Å². The van der Waals surface area contributed by atoms with Gasteiger partial charge in [0.2, 0.25) is 0 Å². The molecule has 2 N–H and O–H groups in total. The van der Waals surface area contributed by atoms with Crippen molar-refractivity contribution in [1.29, 1.82) is 0 Å². The third kappa shape index (κ3) is 2.15. The molecule has 2 aromatic carbocycles. The van der Waals surface area contributed by atoms with E-state index in [9.17, 15) is 0 Å². The molecule has 4 heteroatoms. The molecule has 0 aliphatic rings. The lowest BCUT2D eigenvalue weighted by atomic mass is 10.2. The third-order valence-electron chi connectivity index (χ3n) is 4.60. The number of aryl methyl sites for hydroxylation is 2. The zero-order valence-corrected chi connectivity index (χ0v) is 13.2. The monoisotopic (exact) mass is 313 g/mol. The average Bonchev–Trinajstić information content (AvgIpc) is 3.25. The van der Waals surface area contributed by atoms with Gasteiger partial charge in [-0.3, -0.25) is 0 Å². The van der Waals surface area contributed by atoms with Gasteiger partial charge in [0.1, 0.15) is 6.20 Å². The maximum atomic E-state index is 4.67. The Morgan fingerprint density at radius 3 is 2.88 bits per heavy atom. The molecule has 24 heavy (non-hydrogen) atoms. The highest BCUT2D eigenvalue weighted by Gasteiger charge is 2.10. The fraction of sp³-hybridized carbons (Fsp3) is 0.100. The average molecular weight is 313 g/mol. The molecule has 0 radical (unpaired) electrons. The van der Waals surface area contributed by atoms with Crippen molar-refractivity contribution in [3.05, 3.63) is 72.9 Å². The summed E-state index contributed by atoms with van der Waals surface area (Å²) >= 11 is 0. The minimum Gasteiger partial charge on any atom is -0.361 e.